The lowest BCUT2D eigenvalue weighted by Gasteiger charge is -2.23. The molecule has 1 amide bonds. The molecular weight excluding hydrogens is 314 g/mol. The highest BCUT2D eigenvalue weighted by molar-refractivity contribution is 7.98. The van der Waals surface area contributed by atoms with Crippen molar-refractivity contribution in [3.05, 3.63) is 41.4 Å². The van der Waals surface area contributed by atoms with Gasteiger partial charge in [-0.15, -0.1) is 0 Å². The van der Waals surface area contributed by atoms with Crippen LogP contribution in [0.15, 0.2) is 33.9 Å². The fraction of sp³-hybridized carbons (Fsp3) is 0.438. The SMILES string of the molecule is Cc1cc(CSc2ncccc2C(=O)NC2CCOCC2)no1. The summed E-state index contributed by atoms with van der Waals surface area (Å²) in [6.07, 6.45) is 3.40. The van der Waals surface area contributed by atoms with E-state index >= 15 is 0 Å². The lowest BCUT2D eigenvalue weighted by Crippen LogP contribution is -2.39. The Balaban J connectivity index is 1.65. The molecule has 0 atom stereocenters. The molecule has 0 saturated carbocycles. The number of nitrogens with zero attached hydrogens (tertiary/aromatic N) is 2. The van der Waals surface area contributed by atoms with Crippen molar-refractivity contribution in [1.82, 2.24) is 15.5 Å². The third kappa shape index (κ3) is 4.33. The van der Waals surface area contributed by atoms with Crippen LogP contribution < -0.4 is 5.32 Å². The van der Waals surface area contributed by atoms with Gasteiger partial charge in [0.25, 0.3) is 5.91 Å². The van der Waals surface area contributed by atoms with Crippen molar-refractivity contribution in [3.63, 3.8) is 0 Å². The highest BCUT2D eigenvalue weighted by Crippen LogP contribution is 2.24. The minimum atomic E-state index is -0.0798. The van der Waals surface area contributed by atoms with E-state index in [0.717, 1.165) is 24.3 Å². The van der Waals surface area contributed by atoms with E-state index < -0.39 is 0 Å². The van der Waals surface area contributed by atoms with Gasteiger partial charge in [0.15, 0.2) is 0 Å². The summed E-state index contributed by atoms with van der Waals surface area (Å²) in [5.41, 5.74) is 1.44. The Hall–Kier alpha value is -1.86. The summed E-state index contributed by atoms with van der Waals surface area (Å²) in [4.78, 5) is 16.8. The number of ether oxygens (including phenoxy) is 1. The number of carbonyl (C=O) groups is 1. The predicted octanol–water partition coefficient (Wildman–Crippen LogP) is 2.58. The van der Waals surface area contributed by atoms with Crippen molar-refractivity contribution in [2.24, 2.45) is 0 Å². The number of aromatic nitrogens is 2. The molecule has 0 radical (unpaired) electrons. The Morgan fingerprint density at radius 1 is 1.43 bits per heavy atom. The van der Waals surface area contributed by atoms with Gasteiger partial charge in [-0.05, 0) is 31.9 Å². The van der Waals surface area contributed by atoms with Crippen molar-refractivity contribution in [2.45, 2.75) is 36.6 Å². The summed E-state index contributed by atoms with van der Waals surface area (Å²) in [6.45, 7) is 3.25. The van der Waals surface area contributed by atoms with Crippen LogP contribution in [-0.4, -0.2) is 35.3 Å². The quantitative estimate of drug-likeness (QED) is 0.848. The van der Waals surface area contributed by atoms with E-state index in [4.69, 9.17) is 9.26 Å². The van der Waals surface area contributed by atoms with Gasteiger partial charge in [-0.2, -0.15) is 0 Å². The van der Waals surface area contributed by atoms with E-state index in [2.05, 4.69) is 15.5 Å². The third-order valence-electron chi connectivity index (χ3n) is 3.61. The van der Waals surface area contributed by atoms with E-state index in [1.165, 1.54) is 11.8 Å². The first-order chi connectivity index (χ1) is 11.2. The second-order valence-electron chi connectivity index (χ2n) is 5.43. The molecule has 3 rings (SSSR count). The van der Waals surface area contributed by atoms with Gasteiger partial charge in [0.1, 0.15) is 10.8 Å². The number of amides is 1. The molecule has 7 heteroatoms. The van der Waals surface area contributed by atoms with Gasteiger partial charge in [-0.1, -0.05) is 16.9 Å². The standard InChI is InChI=1S/C16H19N3O3S/c1-11-9-13(19-22-11)10-23-16-14(3-2-6-17-16)15(20)18-12-4-7-21-8-5-12/h2-3,6,9,12H,4-5,7-8,10H2,1H3,(H,18,20). The van der Waals surface area contributed by atoms with E-state index in [1.54, 1.807) is 18.3 Å². The van der Waals surface area contributed by atoms with Gasteiger partial charge in [0.2, 0.25) is 0 Å². The maximum atomic E-state index is 12.5. The summed E-state index contributed by atoms with van der Waals surface area (Å²) >= 11 is 1.48. The fourth-order valence-electron chi connectivity index (χ4n) is 2.41. The zero-order valence-corrected chi connectivity index (χ0v) is 13.8. The number of rotatable bonds is 5. The molecule has 2 aromatic rings. The molecule has 3 heterocycles. The number of nitrogens with one attached hydrogen (secondary N) is 1. The van der Waals surface area contributed by atoms with Crippen molar-refractivity contribution in [3.8, 4) is 0 Å². The Labute approximate surface area is 139 Å². The van der Waals surface area contributed by atoms with Gasteiger partial charge in [-0.3, -0.25) is 4.79 Å². The van der Waals surface area contributed by atoms with Gasteiger partial charge in [0, 0.05) is 37.3 Å². The second-order valence-corrected chi connectivity index (χ2v) is 6.40. The zero-order valence-electron chi connectivity index (χ0n) is 12.9. The van der Waals surface area contributed by atoms with Gasteiger partial charge in [-0.25, -0.2) is 4.98 Å². The van der Waals surface area contributed by atoms with Gasteiger partial charge < -0.3 is 14.6 Å². The molecule has 0 spiro atoms. The fourth-order valence-corrected chi connectivity index (χ4v) is 3.28. The molecule has 1 aliphatic heterocycles. The van der Waals surface area contributed by atoms with Crippen LogP contribution in [0.3, 0.4) is 0 Å². The second kappa shape index (κ2) is 7.61. The minimum Gasteiger partial charge on any atom is -0.381 e. The van der Waals surface area contributed by atoms with Crippen molar-refractivity contribution >= 4 is 17.7 Å². The average molecular weight is 333 g/mol. The first-order valence-electron chi connectivity index (χ1n) is 7.61. The van der Waals surface area contributed by atoms with Crippen LogP contribution in [0.25, 0.3) is 0 Å². The van der Waals surface area contributed by atoms with E-state index in [0.29, 0.717) is 29.6 Å². The molecule has 1 N–H and O–H groups in total. The molecule has 0 aromatic carbocycles. The minimum absolute atomic E-state index is 0.0798. The molecule has 0 bridgehead atoms. The normalized spacial score (nSPS) is 15.5. The third-order valence-corrected chi connectivity index (χ3v) is 4.64. The molecule has 122 valence electrons. The average Bonchev–Trinajstić information content (AvgIpc) is 2.99. The Morgan fingerprint density at radius 3 is 3.00 bits per heavy atom. The van der Waals surface area contributed by atoms with E-state index in [-0.39, 0.29) is 11.9 Å². The largest absolute Gasteiger partial charge is 0.381 e. The lowest BCUT2D eigenvalue weighted by atomic mass is 10.1. The van der Waals surface area contributed by atoms with Gasteiger partial charge in [0.05, 0.1) is 11.3 Å². The number of thioether (sulfide) groups is 1. The van der Waals surface area contributed by atoms with Crippen LogP contribution in [0, 0.1) is 6.92 Å². The molecule has 23 heavy (non-hydrogen) atoms. The number of pyridine rings is 1. The summed E-state index contributed by atoms with van der Waals surface area (Å²) < 4.78 is 10.4. The van der Waals surface area contributed by atoms with Crippen LogP contribution in [0.5, 0.6) is 0 Å². The van der Waals surface area contributed by atoms with Crippen LogP contribution in [0.1, 0.15) is 34.7 Å². The Kier molecular flexibility index (Phi) is 5.30. The highest BCUT2D eigenvalue weighted by atomic mass is 32.2. The summed E-state index contributed by atoms with van der Waals surface area (Å²) in [7, 11) is 0. The highest BCUT2D eigenvalue weighted by Gasteiger charge is 2.19. The maximum Gasteiger partial charge on any atom is 0.254 e. The first kappa shape index (κ1) is 16.0. The molecule has 1 aliphatic rings. The summed E-state index contributed by atoms with van der Waals surface area (Å²) in [5, 5.41) is 7.74. The number of hydrogen-bond donors (Lipinski definition) is 1. The molecule has 0 aliphatic carbocycles. The van der Waals surface area contributed by atoms with Crippen LogP contribution in [0.4, 0.5) is 0 Å². The molecule has 0 unspecified atom stereocenters. The number of aryl methyl sites for hydroxylation is 1. The molecule has 1 fully saturated rings. The van der Waals surface area contributed by atoms with E-state index in [1.807, 2.05) is 13.0 Å². The molecule has 2 aromatic heterocycles. The monoisotopic (exact) mass is 333 g/mol. The van der Waals surface area contributed by atoms with Crippen LogP contribution in [0.2, 0.25) is 0 Å². The maximum absolute atomic E-state index is 12.5. The molecule has 1 saturated heterocycles. The van der Waals surface area contributed by atoms with E-state index in [9.17, 15) is 4.79 Å². The number of carbonyl (C=O) groups excluding carboxylic acids is 1. The Bertz CT molecular complexity index is 668. The predicted molar refractivity (Wildman–Crippen MR) is 86.3 cm³/mol. The molecule has 6 nitrogen and oxygen atoms in total. The van der Waals surface area contributed by atoms with Crippen molar-refractivity contribution < 1.29 is 14.1 Å². The number of hydrogen-bond acceptors (Lipinski definition) is 6. The van der Waals surface area contributed by atoms with Crippen molar-refractivity contribution in [2.75, 3.05) is 13.2 Å². The smallest absolute Gasteiger partial charge is 0.254 e. The zero-order chi connectivity index (χ0) is 16.1. The topological polar surface area (TPSA) is 77.2 Å². The van der Waals surface area contributed by atoms with Crippen LogP contribution >= 0.6 is 11.8 Å². The van der Waals surface area contributed by atoms with Crippen molar-refractivity contribution in [1.29, 1.82) is 0 Å². The summed E-state index contributed by atoms with van der Waals surface area (Å²) in [6, 6.07) is 5.64. The van der Waals surface area contributed by atoms with Gasteiger partial charge >= 0.3 is 0 Å². The molecular formula is C16H19N3O3S. The summed E-state index contributed by atoms with van der Waals surface area (Å²) in [5.74, 6) is 1.31. The lowest BCUT2D eigenvalue weighted by molar-refractivity contribution is 0.0695. The van der Waals surface area contributed by atoms with Crippen LogP contribution in [-0.2, 0) is 10.5 Å². The Morgan fingerprint density at radius 2 is 2.26 bits per heavy atom. The first-order valence-corrected chi connectivity index (χ1v) is 8.59.